The Morgan fingerprint density at radius 1 is 0.600 bits per heavy atom. The number of amides is 1. The molecule has 4 atom stereocenters. The average molecular weight is 570 g/mol. The monoisotopic (exact) mass is 570 g/mol. The van der Waals surface area contributed by atoms with Gasteiger partial charge in [0.25, 0.3) is 0 Å². The van der Waals surface area contributed by atoms with Crippen molar-refractivity contribution in [2.45, 2.75) is 192 Å². The van der Waals surface area contributed by atoms with Gasteiger partial charge in [0.1, 0.15) is 12.2 Å². The molecule has 40 heavy (non-hydrogen) atoms. The minimum atomic E-state index is -1.26. The number of hydrogen-bond donors (Lipinski definition) is 5. The normalized spacial score (nSPS) is 14.8. The van der Waals surface area contributed by atoms with Gasteiger partial charge in [0.15, 0.2) is 0 Å². The predicted octanol–water partition coefficient (Wildman–Crippen LogP) is 7.50. The zero-order valence-corrected chi connectivity index (χ0v) is 26.3. The van der Waals surface area contributed by atoms with Crippen LogP contribution >= 0.6 is 0 Å². The van der Waals surface area contributed by atoms with Crippen LogP contribution in [0.2, 0.25) is 0 Å². The highest BCUT2D eigenvalue weighted by Gasteiger charge is 2.28. The van der Waals surface area contributed by atoms with Crippen molar-refractivity contribution in [3.63, 3.8) is 0 Å². The Kier molecular flexibility index (Phi) is 28.8. The quantitative estimate of drug-likeness (QED) is 0.0454. The number of aliphatic hydroxyl groups excluding tert-OH is 4. The Labute approximate surface area is 247 Å². The molecule has 0 saturated heterocycles. The first-order valence-electron chi connectivity index (χ1n) is 17.1. The molecule has 0 aromatic heterocycles. The summed E-state index contributed by atoms with van der Waals surface area (Å²) in [4.78, 5) is 12.3. The van der Waals surface area contributed by atoms with E-state index in [9.17, 15) is 25.2 Å². The lowest BCUT2D eigenvalue weighted by Gasteiger charge is -2.27. The van der Waals surface area contributed by atoms with Crippen LogP contribution in [-0.2, 0) is 4.79 Å². The van der Waals surface area contributed by atoms with Crippen LogP contribution in [0.15, 0.2) is 12.2 Å². The van der Waals surface area contributed by atoms with E-state index in [1.54, 1.807) is 0 Å². The highest BCUT2D eigenvalue weighted by Crippen LogP contribution is 2.15. The lowest BCUT2D eigenvalue weighted by molar-refractivity contribution is -0.132. The summed E-state index contributed by atoms with van der Waals surface area (Å²) in [6.07, 6.45) is 28.2. The van der Waals surface area contributed by atoms with Crippen molar-refractivity contribution in [2.24, 2.45) is 0 Å². The van der Waals surface area contributed by atoms with Gasteiger partial charge in [-0.15, -0.1) is 0 Å². The largest absolute Gasteiger partial charge is 0.394 e. The molecule has 1 amide bonds. The molecule has 4 unspecified atom stereocenters. The molecule has 0 bridgehead atoms. The van der Waals surface area contributed by atoms with E-state index in [0.29, 0.717) is 12.8 Å². The van der Waals surface area contributed by atoms with Gasteiger partial charge < -0.3 is 25.7 Å². The Morgan fingerprint density at radius 3 is 1.50 bits per heavy atom. The van der Waals surface area contributed by atoms with Gasteiger partial charge in [-0.2, -0.15) is 0 Å². The van der Waals surface area contributed by atoms with Crippen LogP contribution in [0.3, 0.4) is 0 Å². The van der Waals surface area contributed by atoms with Crippen molar-refractivity contribution in [1.29, 1.82) is 0 Å². The molecule has 0 aliphatic rings. The maximum absolute atomic E-state index is 12.3. The molecule has 0 aromatic rings. The fourth-order valence-corrected chi connectivity index (χ4v) is 5.17. The van der Waals surface area contributed by atoms with E-state index < -0.39 is 36.9 Å². The first-order chi connectivity index (χ1) is 19.5. The van der Waals surface area contributed by atoms with Crippen LogP contribution in [0.25, 0.3) is 0 Å². The molecular weight excluding hydrogens is 502 g/mol. The summed E-state index contributed by atoms with van der Waals surface area (Å²) in [5.74, 6) is -0.621. The molecule has 0 radical (unpaired) electrons. The van der Waals surface area contributed by atoms with E-state index in [2.05, 4.69) is 25.2 Å². The van der Waals surface area contributed by atoms with Crippen molar-refractivity contribution in [1.82, 2.24) is 5.32 Å². The fourth-order valence-electron chi connectivity index (χ4n) is 5.17. The van der Waals surface area contributed by atoms with Crippen LogP contribution in [0, 0.1) is 0 Å². The third kappa shape index (κ3) is 23.7. The maximum atomic E-state index is 12.3. The lowest BCUT2D eigenvalue weighted by atomic mass is 9.99. The molecule has 5 N–H and O–H groups in total. The number of unbranched alkanes of at least 4 members (excludes halogenated alkanes) is 19. The van der Waals surface area contributed by atoms with E-state index in [4.69, 9.17) is 0 Å². The molecular formula is C34H67NO5. The van der Waals surface area contributed by atoms with Gasteiger partial charge in [-0.3, -0.25) is 4.79 Å². The average Bonchev–Trinajstić information content (AvgIpc) is 2.96. The molecule has 0 fully saturated rings. The van der Waals surface area contributed by atoms with Gasteiger partial charge in [0.2, 0.25) is 5.91 Å². The number of carbonyl (C=O) groups excluding carboxylic acids is 1. The smallest absolute Gasteiger partial charge is 0.249 e. The third-order valence-electron chi connectivity index (χ3n) is 7.98. The second kappa shape index (κ2) is 29.5. The van der Waals surface area contributed by atoms with Crippen LogP contribution < -0.4 is 5.32 Å². The maximum Gasteiger partial charge on any atom is 0.249 e. The zero-order chi connectivity index (χ0) is 29.7. The molecule has 0 spiro atoms. The lowest BCUT2D eigenvalue weighted by Crippen LogP contribution is -2.53. The number of nitrogens with one attached hydrogen (secondary N) is 1. The SMILES string of the molecule is CCCCCC/C=C\CCC(O)C(=O)NC(CO)C(O)C(O)CCCCCCCCCCCCCCCCCC. The summed E-state index contributed by atoms with van der Waals surface area (Å²) < 4.78 is 0. The molecule has 0 aromatic carbocycles. The van der Waals surface area contributed by atoms with Gasteiger partial charge in [-0.05, 0) is 32.1 Å². The molecule has 0 heterocycles. The van der Waals surface area contributed by atoms with Crippen molar-refractivity contribution in [2.75, 3.05) is 6.61 Å². The Balaban J connectivity index is 3.83. The van der Waals surface area contributed by atoms with Gasteiger partial charge >= 0.3 is 0 Å². The topological polar surface area (TPSA) is 110 Å². The summed E-state index contributed by atoms with van der Waals surface area (Å²) in [5.41, 5.74) is 0. The number of aliphatic hydroxyl groups is 4. The number of hydrogen-bond acceptors (Lipinski definition) is 5. The minimum absolute atomic E-state index is 0.285. The van der Waals surface area contributed by atoms with Gasteiger partial charge in [-0.1, -0.05) is 148 Å². The van der Waals surface area contributed by atoms with Crippen molar-refractivity contribution in [3.8, 4) is 0 Å². The number of carbonyl (C=O) groups is 1. The molecule has 0 aliphatic heterocycles. The van der Waals surface area contributed by atoms with E-state index in [1.165, 1.54) is 103 Å². The van der Waals surface area contributed by atoms with Crippen LogP contribution in [0.1, 0.15) is 168 Å². The summed E-state index contributed by atoms with van der Waals surface area (Å²) in [5, 5.41) is 43.1. The van der Waals surface area contributed by atoms with Crippen LogP contribution in [-0.4, -0.2) is 57.3 Å². The number of allylic oxidation sites excluding steroid dienone is 2. The number of rotatable bonds is 30. The van der Waals surface area contributed by atoms with E-state index >= 15 is 0 Å². The van der Waals surface area contributed by atoms with E-state index in [0.717, 1.165) is 32.1 Å². The fraction of sp³-hybridized carbons (Fsp3) is 0.912. The first-order valence-corrected chi connectivity index (χ1v) is 17.1. The predicted molar refractivity (Wildman–Crippen MR) is 168 cm³/mol. The van der Waals surface area contributed by atoms with Crippen LogP contribution in [0.5, 0.6) is 0 Å². The van der Waals surface area contributed by atoms with Crippen molar-refractivity contribution >= 4 is 5.91 Å². The highest BCUT2D eigenvalue weighted by atomic mass is 16.3. The van der Waals surface area contributed by atoms with Gasteiger partial charge in [-0.25, -0.2) is 0 Å². The molecule has 0 aliphatic carbocycles. The van der Waals surface area contributed by atoms with Crippen LogP contribution in [0.4, 0.5) is 0 Å². The standard InChI is InChI=1S/C34H67NO5/c1-3-5-7-9-11-13-14-15-16-17-18-19-20-22-23-25-27-31(37)33(39)30(29-36)35-34(40)32(38)28-26-24-21-12-10-8-6-4-2/h21,24,30-33,36-39H,3-20,22-23,25-29H2,1-2H3,(H,35,40)/b24-21-. The van der Waals surface area contributed by atoms with Gasteiger partial charge in [0.05, 0.1) is 18.8 Å². The molecule has 0 rings (SSSR count). The summed E-state index contributed by atoms with van der Waals surface area (Å²) >= 11 is 0. The zero-order valence-electron chi connectivity index (χ0n) is 26.3. The summed E-state index contributed by atoms with van der Waals surface area (Å²) in [6.45, 7) is 3.96. The second-order valence-electron chi connectivity index (χ2n) is 11.9. The van der Waals surface area contributed by atoms with E-state index in [-0.39, 0.29) is 6.42 Å². The minimum Gasteiger partial charge on any atom is -0.394 e. The Bertz CT molecular complexity index is 571. The summed E-state index contributed by atoms with van der Waals surface area (Å²) in [7, 11) is 0. The molecule has 238 valence electrons. The Hall–Kier alpha value is -0.950. The Morgan fingerprint density at radius 2 is 1.02 bits per heavy atom. The summed E-state index contributed by atoms with van der Waals surface area (Å²) in [6, 6.07) is -0.993. The third-order valence-corrected chi connectivity index (χ3v) is 7.98. The molecule has 6 heteroatoms. The van der Waals surface area contributed by atoms with Gasteiger partial charge in [0, 0.05) is 0 Å². The highest BCUT2D eigenvalue weighted by molar-refractivity contribution is 5.80. The molecule has 6 nitrogen and oxygen atoms in total. The second-order valence-corrected chi connectivity index (χ2v) is 11.9. The molecule has 0 saturated carbocycles. The first kappa shape index (κ1) is 39.0. The van der Waals surface area contributed by atoms with Crippen molar-refractivity contribution < 1.29 is 25.2 Å². The van der Waals surface area contributed by atoms with E-state index in [1.807, 2.05) is 6.08 Å². The van der Waals surface area contributed by atoms with Crippen molar-refractivity contribution in [3.05, 3.63) is 12.2 Å².